The van der Waals surface area contributed by atoms with Crippen molar-refractivity contribution < 1.29 is 13.2 Å². The van der Waals surface area contributed by atoms with E-state index < -0.39 is 10.0 Å². The van der Waals surface area contributed by atoms with E-state index in [-0.39, 0.29) is 9.92 Å². The molecule has 114 valence electrons. The lowest BCUT2D eigenvalue weighted by molar-refractivity contribution is 0.135. The fourth-order valence-electron chi connectivity index (χ4n) is 1.78. The van der Waals surface area contributed by atoms with E-state index in [0.717, 1.165) is 5.56 Å². The van der Waals surface area contributed by atoms with Crippen molar-refractivity contribution in [3.63, 3.8) is 0 Å². The van der Waals surface area contributed by atoms with Gasteiger partial charge in [-0.25, -0.2) is 8.42 Å². The number of likely N-dealkylation sites (N-methyl/N-ethyl adjacent to an activating group) is 1. The van der Waals surface area contributed by atoms with Crippen molar-refractivity contribution in [2.45, 2.75) is 25.3 Å². The number of ether oxygens (including phenoxy) is 1. The van der Waals surface area contributed by atoms with Crippen LogP contribution in [0.5, 0.6) is 0 Å². The first kappa shape index (κ1) is 17.4. The molecule has 0 atom stereocenters. The van der Waals surface area contributed by atoms with Crippen molar-refractivity contribution in [1.29, 1.82) is 0 Å². The Morgan fingerprint density at radius 3 is 2.55 bits per heavy atom. The van der Waals surface area contributed by atoms with Gasteiger partial charge in [-0.05, 0) is 24.6 Å². The van der Waals surface area contributed by atoms with Crippen LogP contribution >= 0.6 is 11.6 Å². The number of nitrogens with zero attached hydrogens (tertiary/aromatic N) is 1. The number of hydrogen-bond donors (Lipinski definition) is 1. The van der Waals surface area contributed by atoms with Crippen molar-refractivity contribution >= 4 is 21.6 Å². The molecule has 0 aliphatic rings. The second kappa shape index (κ2) is 7.95. The standard InChI is InChI=1S/C13H21ClN2O3S/c1-3-16(7-8-19-4-2)20(17,18)13-6-5-11(10-15)9-12(13)14/h5-6,9H,3-4,7-8,10,15H2,1-2H3. The molecule has 0 amide bonds. The molecule has 0 saturated carbocycles. The van der Waals surface area contributed by atoms with Gasteiger partial charge in [0, 0.05) is 26.2 Å². The van der Waals surface area contributed by atoms with Crippen molar-refractivity contribution in [2.75, 3.05) is 26.3 Å². The van der Waals surface area contributed by atoms with Gasteiger partial charge in [-0.15, -0.1) is 0 Å². The summed E-state index contributed by atoms with van der Waals surface area (Å²) in [7, 11) is -3.61. The van der Waals surface area contributed by atoms with Gasteiger partial charge in [0.1, 0.15) is 4.90 Å². The molecular weight excluding hydrogens is 300 g/mol. The van der Waals surface area contributed by atoms with E-state index in [1.807, 2.05) is 6.92 Å². The lowest BCUT2D eigenvalue weighted by Crippen LogP contribution is -2.34. The summed E-state index contributed by atoms with van der Waals surface area (Å²) >= 11 is 6.06. The largest absolute Gasteiger partial charge is 0.380 e. The molecule has 0 aromatic heterocycles. The molecule has 1 aromatic rings. The summed E-state index contributed by atoms with van der Waals surface area (Å²) in [5.74, 6) is 0. The number of sulfonamides is 1. The molecule has 0 aliphatic heterocycles. The van der Waals surface area contributed by atoms with Crippen LogP contribution in [-0.4, -0.2) is 39.0 Å². The Hall–Kier alpha value is -0.660. The summed E-state index contributed by atoms with van der Waals surface area (Å²) in [4.78, 5) is 0.106. The third-order valence-corrected chi connectivity index (χ3v) is 5.35. The monoisotopic (exact) mass is 320 g/mol. The lowest BCUT2D eigenvalue weighted by atomic mass is 10.2. The smallest absolute Gasteiger partial charge is 0.244 e. The predicted molar refractivity (Wildman–Crippen MR) is 80.3 cm³/mol. The number of rotatable bonds is 8. The van der Waals surface area contributed by atoms with Gasteiger partial charge in [0.05, 0.1) is 11.6 Å². The van der Waals surface area contributed by atoms with E-state index in [2.05, 4.69) is 0 Å². The topological polar surface area (TPSA) is 72.6 Å². The highest BCUT2D eigenvalue weighted by Crippen LogP contribution is 2.25. The summed E-state index contributed by atoms with van der Waals surface area (Å²) in [5, 5.41) is 0.197. The van der Waals surface area contributed by atoms with Crippen molar-refractivity contribution in [3.8, 4) is 0 Å². The fraction of sp³-hybridized carbons (Fsp3) is 0.538. The molecule has 0 fully saturated rings. The van der Waals surface area contributed by atoms with Gasteiger partial charge in [-0.2, -0.15) is 4.31 Å². The van der Waals surface area contributed by atoms with E-state index >= 15 is 0 Å². The van der Waals surface area contributed by atoms with Crippen molar-refractivity contribution in [2.24, 2.45) is 5.73 Å². The summed E-state index contributed by atoms with van der Waals surface area (Å²) in [6, 6.07) is 4.77. The average Bonchev–Trinajstić information content (AvgIpc) is 2.42. The number of nitrogens with two attached hydrogens (primary N) is 1. The number of halogens is 1. The highest BCUT2D eigenvalue weighted by Gasteiger charge is 2.25. The molecule has 5 nitrogen and oxygen atoms in total. The Morgan fingerprint density at radius 2 is 2.05 bits per heavy atom. The van der Waals surface area contributed by atoms with Crippen LogP contribution < -0.4 is 5.73 Å². The Kier molecular flexibility index (Phi) is 6.91. The molecule has 0 heterocycles. The second-order valence-corrected chi connectivity index (χ2v) is 6.48. The van der Waals surface area contributed by atoms with E-state index in [1.54, 1.807) is 19.1 Å². The first-order valence-electron chi connectivity index (χ1n) is 6.53. The van der Waals surface area contributed by atoms with Crippen LogP contribution in [0, 0.1) is 0 Å². The normalized spacial score (nSPS) is 12.1. The summed E-state index contributed by atoms with van der Waals surface area (Å²) in [6.45, 7) is 5.57. The Labute approximate surface area is 125 Å². The molecule has 7 heteroatoms. The predicted octanol–water partition coefficient (Wildman–Crippen LogP) is 1.85. The van der Waals surface area contributed by atoms with Gasteiger partial charge in [-0.1, -0.05) is 24.6 Å². The quantitative estimate of drug-likeness (QED) is 0.742. The van der Waals surface area contributed by atoms with Crippen LogP contribution in [0.25, 0.3) is 0 Å². The van der Waals surface area contributed by atoms with Crippen LogP contribution in [0.2, 0.25) is 5.02 Å². The molecule has 0 unspecified atom stereocenters. The van der Waals surface area contributed by atoms with E-state index in [9.17, 15) is 8.42 Å². The maximum Gasteiger partial charge on any atom is 0.244 e. The van der Waals surface area contributed by atoms with Crippen LogP contribution in [0.4, 0.5) is 0 Å². The van der Waals surface area contributed by atoms with Gasteiger partial charge >= 0.3 is 0 Å². The van der Waals surface area contributed by atoms with Crippen LogP contribution in [0.3, 0.4) is 0 Å². The summed E-state index contributed by atoms with van der Waals surface area (Å²) < 4.78 is 31.6. The first-order chi connectivity index (χ1) is 9.47. The zero-order chi connectivity index (χ0) is 15.2. The molecule has 0 spiro atoms. The third-order valence-electron chi connectivity index (χ3n) is 2.89. The van der Waals surface area contributed by atoms with Crippen LogP contribution in [0.1, 0.15) is 19.4 Å². The third kappa shape index (κ3) is 4.17. The summed E-state index contributed by atoms with van der Waals surface area (Å²) in [6.07, 6.45) is 0. The lowest BCUT2D eigenvalue weighted by Gasteiger charge is -2.21. The van der Waals surface area contributed by atoms with Gasteiger partial charge in [0.2, 0.25) is 10.0 Å². The maximum absolute atomic E-state index is 12.5. The first-order valence-corrected chi connectivity index (χ1v) is 8.35. The number of benzene rings is 1. The minimum absolute atomic E-state index is 0.106. The molecule has 0 radical (unpaired) electrons. The van der Waals surface area contributed by atoms with Crippen molar-refractivity contribution in [1.82, 2.24) is 4.31 Å². The van der Waals surface area contributed by atoms with Gasteiger partial charge in [0.25, 0.3) is 0 Å². The van der Waals surface area contributed by atoms with E-state index in [1.165, 1.54) is 10.4 Å². The highest BCUT2D eigenvalue weighted by molar-refractivity contribution is 7.89. The Balaban J connectivity index is 3.01. The molecule has 1 rings (SSSR count). The molecule has 2 N–H and O–H groups in total. The van der Waals surface area contributed by atoms with E-state index in [4.69, 9.17) is 22.1 Å². The van der Waals surface area contributed by atoms with Crippen molar-refractivity contribution in [3.05, 3.63) is 28.8 Å². The molecule has 1 aromatic carbocycles. The molecule has 0 aliphatic carbocycles. The minimum Gasteiger partial charge on any atom is -0.380 e. The zero-order valence-electron chi connectivity index (χ0n) is 11.8. The Morgan fingerprint density at radius 1 is 1.35 bits per heavy atom. The highest BCUT2D eigenvalue weighted by atomic mass is 35.5. The van der Waals surface area contributed by atoms with Gasteiger partial charge in [0.15, 0.2) is 0 Å². The van der Waals surface area contributed by atoms with Crippen LogP contribution in [-0.2, 0) is 21.3 Å². The van der Waals surface area contributed by atoms with Crippen LogP contribution in [0.15, 0.2) is 23.1 Å². The zero-order valence-corrected chi connectivity index (χ0v) is 13.4. The Bertz CT molecular complexity index is 534. The van der Waals surface area contributed by atoms with Gasteiger partial charge < -0.3 is 10.5 Å². The second-order valence-electron chi connectivity index (χ2n) is 4.16. The molecule has 0 bridgehead atoms. The molecule has 0 saturated heterocycles. The molecular formula is C13H21ClN2O3S. The number of hydrogen-bond acceptors (Lipinski definition) is 4. The minimum atomic E-state index is -3.61. The maximum atomic E-state index is 12.5. The SMILES string of the molecule is CCOCCN(CC)S(=O)(=O)c1ccc(CN)cc1Cl. The average molecular weight is 321 g/mol. The van der Waals surface area contributed by atoms with Gasteiger partial charge in [-0.3, -0.25) is 0 Å². The van der Waals surface area contributed by atoms with E-state index in [0.29, 0.717) is 32.8 Å². The fourth-order valence-corrected chi connectivity index (χ4v) is 3.75. The molecule has 20 heavy (non-hydrogen) atoms. The summed E-state index contributed by atoms with van der Waals surface area (Å²) in [5.41, 5.74) is 6.31.